The molecule has 13 heavy (non-hydrogen) atoms. The highest BCUT2D eigenvalue weighted by atomic mass is 19.2. The van der Waals surface area contributed by atoms with Crippen molar-refractivity contribution in [1.29, 1.82) is 0 Å². The molecule has 0 N–H and O–H groups in total. The summed E-state index contributed by atoms with van der Waals surface area (Å²) in [5.74, 6) is -3.98. The zero-order chi connectivity index (χ0) is 10.0. The number of hydrogen-bond donors (Lipinski definition) is 0. The summed E-state index contributed by atoms with van der Waals surface area (Å²) in [4.78, 5) is 0. The van der Waals surface area contributed by atoms with E-state index >= 15 is 0 Å². The van der Waals surface area contributed by atoms with Gasteiger partial charge < -0.3 is 4.74 Å². The lowest BCUT2D eigenvalue weighted by molar-refractivity contribution is 0.225. The van der Waals surface area contributed by atoms with Crippen molar-refractivity contribution in [2.24, 2.45) is 0 Å². The van der Waals surface area contributed by atoms with Gasteiger partial charge in [-0.05, 0) is 13.8 Å². The molecule has 1 aromatic carbocycles. The standard InChI is InChI=1S/C9H8F3O/c1-5(2)13-8-4-6(10)3-7(11)9(8)12/h3,5H,1-2H3. The SMILES string of the molecule is CC(C)Oc1[c]c(F)cc(F)c1F. The van der Waals surface area contributed by atoms with E-state index in [0.717, 1.165) is 0 Å². The van der Waals surface area contributed by atoms with E-state index in [1.54, 1.807) is 13.8 Å². The minimum absolute atomic E-state index is 0.355. The summed E-state index contributed by atoms with van der Waals surface area (Å²) < 4.78 is 42.7. The maximum absolute atomic E-state index is 12.8. The summed E-state index contributed by atoms with van der Waals surface area (Å²) >= 11 is 0. The van der Waals surface area contributed by atoms with Crippen LogP contribution >= 0.6 is 0 Å². The highest BCUT2D eigenvalue weighted by molar-refractivity contribution is 5.24. The minimum atomic E-state index is -1.27. The summed E-state index contributed by atoms with van der Waals surface area (Å²) in [6, 6.07) is 2.36. The molecule has 1 radical (unpaired) electrons. The quantitative estimate of drug-likeness (QED) is 0.650. The van der Waals surface area contributed by atoms with Crippen molar-refractivity contribution in [2.45, 2.75) is 20.0 Å². The summed E-state index contributed by atoms with van der Waals surface area (Å²) in [6.07, 6.45) is -0.355. The molecule has 0 aliphatic heterocycles. The molecular weight excluding hydrogens is 181 g/mol. The summed E-state index contributed by atoms with van der Waals surface area (Å²) in [6.45, 7) is 3.24. The smallest absolute Gasteiger partial charge is 0.201 e. The molecule has 1 nitrogen and oxygen atoms in total. The molecule has 0 aliphatic rings. The van der Waals surface area contributed by atoms with Gasteiger partial charge in [-0.15, -0.1) is 0 Å². The van der Waals surface area contributed by atoms with Crippen molar-refractivity contribution < 1.29 is 17.9 Å². The molecule has 1 rings (SSSR count). The lowest BCUT2D eigenvalue weighted by atomic mass is 10.3. The van der Waals surface area contributed by atoms with E-state index < -0.39 is 23.2 Å². The van der Waals surface area contributed by atoms with Crippen molar-refractivity contribution in [3.63, 3.8) is 0 Å². The van der Waals surface area contributed by atoms with Gasteiger partial charge in [0, 0.05) is 6.07 Å². The van der Waals surface area contributed by atoms with Crippen LogP contribution in [0.1, 0.15) is 13.8 Å². The Hall–Kier alpha value is -1.19. The highest BCUT2D eigenvalue weighted by Gasteiger charge is 2.13. The van der Waals surface area contributed by atoms with Gasteiger partial charge in [0.05, 0.1) is 12.2 Å². The van der Waals surface area contributed by atoms with Crippen LogP contribution in [-0.4, -0.2) is 6.10 Å². The third kappa shape index (κ3) is 2.37. The predicted molar refractivity (Wildman–Crippen MR) is 40.9 cm³/mol. The fraction of sp³-hybridized carbons (Fsp3) is 0.333. The Morgan fingerprint density at radius 2 is 1.92 bits per heavy atom. The zero-order valence-corrected chi connectivity index (χ0v) is 7.20. The Kier molecular flexibility index (Phi) is 2.80. The van der Waals surface area contributed by atoms with E-state index in [2.05, 4.69) is 0 Å². The first-order valence-electron chi connectivity index (χ1n) is 3.74. The lowest BCUT2D eigenvalue weighted by Crippen LogP contribution is -2.08. The molecule has 0 atom stereocenters. The van der Waals surface area contributed by atoms with Crippen LogP contribution < -0.4 is 4.74 Å². The molecule has 0 unspecified atom stereocenters. The maximum Gasteiger partial charge on any atom is 0.201 e. The van der Waals surface area contributed by atoms with E-state index in [9.17, 15) is 13.2 Å². The first-order chi connectivity index (χ1) is 6.00. The van der Waals surface area contributed by atoms with E-state index in [1.807, 2.05) is 6.07 Å². The van der Waals surface area contributed by atoms with Crippen LogP contribution in [0.4, 0.5) is 13.2 Å². The fourth-order valence-electron chi connectivity index (χ4n) is 0.799. The number of benzene rings is 1. The normalized spacial score (nSPS) is 10.6. The molecule has 0 aromatic heterocycles. The molecule has 0 aliphatic carbocycles. The molecule has 0 saturated carbocycles. The van der Waals surface area contributed by atoms with Crippen LogP contribution in [0.3, 0.4) is 0 Å². The highest BCUT2D eigenvalue weighted by Crippen LogP contribution is 2.21. The second-order valence-corrected chi connectivity index (χ2v) is 2.77. The predicted octanol–water partition coefficient (Wildman–Crippen LogP) is 2.69. The third-order valence-corrected chi connectivity index (χ3v) is 1.25. The van der Waals surface area contributed by atoms with E-state index in [4.69, 9.17) is 4.74 Å². The zero-order valence-electron chi connectivity index (χ0n) is 7.20. The van der Waals surface area contributed by atoms with Crippen molar-refractivity contribution >= 4 is 0 Å². The molecule has 71 valence electrons. The Morgan fingerprint density at radius 3 is 2.46 bits per heavy atom. The molecule has 0 amide bonds. The first kappa shape index (κ1) is 9.89. The van der Waals surface area contributed by atoms with Gasteiger partial charge in [-0.1, -0.05) is 0 Å². The Balaban J connectivity index is 3.05. The number of rotatable bonds is 2. The molecule has 0 spiro atoms. The molecule has 0 saturated heterocycles. The number of halogens is 3. The minimum Gasteiger partial charge on any atom is -0.487 e. The third-order valence-electron chi connectivity index (χ3n) is 1.25. The second kappa shape index (κ2) is 3.68. The topological polar surface area (TPSA) is 9.23 Å². The second-order valence-electron chi connectivity index (χ2n) is 2.77. The maximum atomic E-state index is 12.8. The molecule has 0 fully saturated rings. The van der Waals surface area contributed by atoms with Crippen LogP contribution in [0.5, 0.6) is 5.75 Å². The first-order valence-corrected chi connectivity index (χ1v) is 3.74. The van der Waals surface area contributed by atoms with Crippen LogP contribution in [0.2, 0.25) is 0 Å². The molecule has 0 heterocycles. The largest absolute Gasteiger partial charge is 0.487 e. The summed E-state index contributed by atoms with van der Waals surface area (Å²) in [5, 5.41) is 0. The van der Waals surface area contributed by atoms with E-state index in [-0.39, 0.29) is 6.10 Å². The number of hydrogen-bond acceptors (Lipinski definition) is 1. The molecule has 4 heteroatoms. The molecular formula is C9H8F3O. The summed E-state index contributed by atoms with van der Waals surface area (Å²) in [5.41, 5.74) is 0. The van der Waals surface area contributed by atoms with Gasteiger partial charge in [-0.25, -0.2) is 8.78 Å². The van der Waals surface area contributed by atoms with Gasteiger partial charge in [0.25, 0.3) is 0 Å². The molecule has 0 bridgehead atoms. The van der Waals surface area contributed by atoms with Gasteiger partial charge >= 0.3 is 0 Å². The summed E-state index contributed by atoms with van der Waals surface area (Å²) in [7, 11) is 0. The van der Waals surface area contributed by atoms with E-state index in [0.29, 0.717) is 6.07 Å². The monoisotopic (exact) mass is 189 g/mol. The van der Waals surface area contributed by atoms with Crippen molar-refractivity contribution in [2.75, 3.05) is 0 Å². The van der Waals surface area contributed by atoms with Crippen LogP contribution in [0.15, 0.2) is 6.07 Å². The van der Waals surface area contributed by atoms with Gasteiger partial charge in [0.2, 0.25) is 5.82 Å². The van der Waals surface area contributed by atoms with Gasteiger partial charge in [-0.3, -0.25) is 0 Å². The Morgan fingerprint density at radius 1 is 1.31 bits per heavy atom. The Labute approximate surface area is 74.1 Å². The fourth-order valence-corrected chi connectivity index (χ4v) is 0.799. The van der Waals surface area contributed by atoms with Gasteiger partial charge in [0.1, 0.15) is 5.82 Å². The average molecular weight is 189 g/mol. The molecule has 1 aromatic rings. The van der Waals surface area contributed by atoms with Crippen molar-refractivity contribution in [1.82, 2.24) is 0 Å². The van der Waals surface area contributed by atoms with Crippen LogP contribution in [0, 0.1) is 23.5 Å². The van der Waals surface area contributed by atoms with E-state index in [1.165, 1.54) is 0 Å². The van der Waals surface area contributed by atoms with Gasteiger partial charge in [0.15, 0.2) is 11.6 Å². The Bertz CT molecular complexity index is 310. The van der Waals surface area contributed by atoms with Gasteiger partial charge in [-0.2, -0.15) is 4.39 Å². The van der Waals surface area contributed by atoms with Crippen LogP contribution in [0.25, 0.3) is 0 Å². The number of ether oxygens (including phenoxy) is 1. The van der Waals surface area contributed by atoms with Crippen molar-refractivity contribution in [3.8, 4) is 5.75 Å². The van der Waals surface area contributed by atoms with Crippen molar-refractivity contribution in [3.05, 3.63) is 29.6 Å². The lowest BCUT2D eigenvalue weighted by Gasteiger charge is -2.09. The average Bonchev–Trinajstić information content (AvgIpc) is 1.98. The van der Waals surface area contributed by atoms with Crippen LogP contribution in [-0.2, 0) is 0 Å².